The number of hydrogen-bond acceptors (Lipinski definition) is 3. The van der Waals surface area contributed by atoms with Gasteiger partial charge in [-0.05, 0) is 68.5 Å². The van der Waals surface area contributed by atoms with Gasteiger partial charge in [-0.25, -0.2) is 0 Å². The molecule has 30 heavy (non-hydrogen) atoms. The molecule has 1 atom stereocenters. The molecule has 1 amide bonds. The van der Waals surface area contributed by atoms with Crippen LogP contribution in [0, 0.1) is 12.8 Å². The minimum atomic E-state index is -4.40. The molecule has 2 aromatic rings. The molecule has 1 saturated heterocycles. The maximum absolute atomic E-state index is 12.8. The molecule has 0 saturated carbocycles. The fraction of sp³-hybridized carbons (Fsp3) is 0.455. The fourth-order valence-electron chi connectivity index (χ4n) is 3.75. The Balaban J connectivity index is 1.65. The number of hydrogen-bond donors (Lipinski definition) is 2. The number of alkyl halides is 3. The first kappa shape index (κ1) is 22.1. The second-order valence-corrected chi connectivity index (χ2v) is 7.75. The smallest absolute Gasteiger partial charge is 0.352 e. The number of halogens is 3. The number of piperidine rings is 1. The van der Waals surface area contributed by atoms with Crippen molar-refractivity contribution in [1.29, 1.82) is 0 Å². The molecule has 5 nitrogen and oxygen atoms in total. The van der Waals surface area contributed by atoms with Crippen molar-refractivity contribution in [2.45, 2.75) is 38.9 Å². The molecule has 1 aromatic heterocycles. The maximum atomic E-state index is 12.8. The van der Waals surface area contributed by atoms with Crippen molar-refractivity contribution in [2.75, 3.05) is 19.6 Å². The van der Waals surface area contributed by atoms with E-state index in [2.05, 4.69) is 10.6 Å². The van der Waals surface area contributed by atoms with Crippen LogP contribution in [0.2, 0.25) is 0 Å². The first-order valence-corrected chi connectivity index (χ1v) is 10.1. The van der Waals surface area contributed by atoms with E-state index in [-0.39, 0.29) is 24.1 Å². The molecule has 0 aliphatic carbocycles. The van der Waals surface area contributed by atoms with Crippen LogP contribution in [0.25, 0.3) is 0 Å². The standard InChI is InChI=1S/C22H26F3N3O2/c1-15-8-11-28(14-17-5-3-9-26-13-17)21(30)19(15)20(29)27-10-7-16-4-2-6-18(12-16)22(23,24)25/h2,4,6,8,11-12,17,26H,3,5,7,9-10,13-14H2,1H3,(H,27,29). The van der Waals surface area contributed by atoms with Crippen LogP contribution in [0.15, 0.2) is 41.3 Å². The molecule has 1 fully saturated rings. The predicted octanol–water partition coefficient (Wildman–Crippen LogP) is 3.15. The Morgan fingerprint density at radius 3 is 2.80 bits per heavy atom. The van der Waals surface area contributed by atoms with Crippen LogP contribution in [0.1, 0.15) is 39.9 Å². The Morgan fingerprint density at radius 1 is 1.30 bits per heavy atom. The van der Waals surface area contributed by atoms with Crippen LogP contribution in [-0.2, 0) is 19.1 Å². The number of benzene rings is 1. The van der Waals surface area contributed by atoms with E-state index in [1.807, 2.05) is 0 Å². The Kier molecular flexibility index (Phi) is 6.97. The summed E-state index contributed by atoms with van der Waals surface area (Å²) in [5.74, 6) is -0.156. The molecule has 1 aliphatic rings. The molecule has 0 bridgehead atoms. The normalized spacial score (nSPS) is 17.0. The number of carbonyl (C=O) groups excluding carboxylic acids is 1. The third-order valence-electron chi connectivity index (χ3n) is 5.41. The number of aromatic nitrogens is 1. The van der Waals surface area contributed by atoms with Gasteiger partial charge in [-0.1, -0.05) is 18.2 Å². The van der Waals surface area contributed by atoms with Gasteiger partial charge in [0.1, 0.15) is 5.56 Å². The van der Waals surface area contributed by atoms with Crippen molar-refractivity contribution >= 4 is 5.91 Å². The molecule has 1 unspecified atom stereocenters. The minimum absolute atomic E-state index is 0.0883. The number of nitrogens with one attached hydrogen (secondary N) is 2. The number of aryl methyl sites for hydroxylation is 1. The summed E-state index contributed by atoms with van der Waals surface area (Å²) in [6, 6.07) is 6.77. The minimum Gasteiger partial charge on any atom is -0.352 e. The SMILES string of the molecule is Cc1ccn(CC2CCCNC2)c(=O)c1C(=O)NCCc1cccc(C(F)(F)F)c1. The Labute approximate surface area is 173 Å². The van der Waals surface area contributed by atoms with Crippen LogP contribution in [0.4, 0.5) is 13.2 Å². The van der Waals surface area contributed by atoms with Crippen LogP contribution in [-0.4, -0.2) is 30.1 Å². The van der Waals surface area contributed by atoms with Crippen LogP contribution in [0.3, 0.4) is 0 Å². The van der Waals surface area contributed by atoms with Crippen molar-refractivity contribution in [3.05, 3.63) is 69.1 Å². The zero-order valence-electron chi connectivity index (χ0n) is 16.9. The molecule has 3 rings (SSSR count). The number of carbonyl (C=O) groups is 1. The molecular formula is C22H26F3N3O2. The molecule has 0 radical (unpaired) electrons. The van der Waals surface area contributed by atoms with Crippen LogP contribution in [0.5, 0.6) is 0 Å². The number of pyridine rings is 1. The van der Waals surface area contributed by atoms with E-state index >= 15 is 0 Å². The van der Waals surface area contributed by atoms with Gasteiger partial charge in [0.25, 0.3) is 11.5 Å². The molecule has 162 valence electrons. The number of nitrogens with zero attached hydrogens (tertiary/aromatic N) is 1. The fourth-order valence-corrected chi connectivity index (χ4v) is 3.75. The second kappa shape index (κ2) is 9.47. The summed E-state index contributed by atoms with van der Waals surface area (Å²) in [6.45, 7) is 4.23. The maximum Gasteiger partial charge on any atom is 0.416 e. The van der Waals surface area contributed by atoms with Gasteiger partial charge in [0.15, 0.2) is 0 Å². The lowest BCUT2D eigenvalue weighted by atomic mass is 9.99. The Bertz CT molecular complexity index is 947. The van der Waals surface area contributed by atoms with E-state index in [0.717, 1.165) is 38.1 Å². The highest BCUT2D eigenvalue weighted by atomic mass is 19.4. The van der Waals surface area contributed by atoms with Gasteiger partial charge in [0.2, 0.25) is 0 Å². The van der Waals surface area contributed by atoms with Crippen molar-refractivity contribution in [3.8, 4) is 0 Å². The van der Waals surface area contributed by atoms with E-state index in [1.54, 1.807) is 29.8 Å². The molecule has 2 N–H and O–H groups in total. The lowest BCUT2D eigenvalue weighted by molar-refractivity contribution is -0.137. The van der Waals surface area contributed by atoms with Crippen LogP contribution < -0.4 is 16.2 Å². The summed E-state index contributed by atoms with van der Waals surface area (Å²) >= 11 is 0. The van der Waals surface area contributed by atoms with E-state index in [1.165, 1.54) is 6.07 Å². The highest BCUT2D eigenvalue weighted by Crippen LogP contribution is 2.29. The molecule has 2 heterocycles. The van der Waals surface area contributed by atoms with Crippen molar-refractivity contribution < 1.29 is 18.0 Å². The highest BCUT2D eigenvalue weighted by Gasteiger charge is 2.30. The third kappa shape index (κ3) is 5.50. The van der Waals surface area contributed by atoms with E-state index in [4.69, 9.17) is 0 Å². The van der Waals surface area contributed by atoms with Crippen molar-refractivity contribution in [2.24, 2.45) is 5.92 Å². The number of rotatable bonds is 6. The largest absolute Gasteiger partial charge is 0.416 e. The third-order valence-corrected chi connectivity index (χ3v) is 5.41. The topological polar surface area (TPSA) is 63.1 Å². The van der Waals surface area contributed by atoms with E-state index in [0.29, 0.717) is 23.6 Å². The monoisotopic (exact) mass is 421 g/mol. The molecular weight excluding hydrogens is 395 g/mol. The quantitative estimate of drug-likeness (QED) is 0.753. The zero-order chi connectivity index (χ0) is 21.7. The number of amides is 1. The summed E-state index contributed by atoms with van der Waals surface area (Å²) in [5.41, 5.74) is 0.0829. The molecule has 8 heteroatoms. The predicted molar refractivity (Wildman–Crippen MR) is 109 cm³/mol. The first-order chi connectivity index (χ1) is 14.3. The summed E-state index contributed by atoms with van der Waals surface area (Å²) < 4.78 is 40.0. The lowest BCUT2D eigenvalue weighted by Gasteiger charge is -2.23. The van der Waals surface area contributed by atoms with Gasteiger partial charge in [-0.15, -0.1) is 0 Å². The van der Waals surface area contributed by atoms with Gasteiger partial charge < -0.3 is 15.2 Å². The molecule has 0 spiro atoms. The van der Waals surface area contributed by atoms with Crippen molar-refractivity contribution in [1.82, 2.24) is 15.2 Å². The lowest BCUT2D eigenvalue weighted by Crippen LogP contribution is -2.38. The Morgan fingerprint density at radius 2 is 2.10 bits per heavy atom. The van der Waals surface area contributed by atoms with Crippen LogP contribution >= 0.6 is 0 Å². The van der Waals surface area contributed by atoms with Gasteiger partial charge in [-0.3, -0.25) is 9.59 Å². The summed E-state index contributed by atoms with van der Waals surface area (Å²) in [4.78, 5) is 25.5. The average Bonchev–Trinajstić information content (AvgIpc) is 2.71. The average molecular weight is 421 g/mol. The van der Waals surface area contributed by atoms with Gasteiger partial charge in [0, 0.05) is 19.3 Å². The summed E-state index contributed by atoms with van der Waals surface area (Å²) in [7, 11) is 0. The van der Waals surface area contributed by atoms with Gasteiger partial charge >= 0.3 is 6.18 Å². The van der Waals surface area contributed by atoms with E-state index < -0.39 is 17.6 Å². The molecule has 1 aromatic carbocycles. The first-order valence-electron chi connectivity index (χ1n) is 10.1. The van der Waals surface area contributed by atoms with E-state index in [9.17, 15) is 22.8 Å². The summed E-state index contributed by atoms with van der Waals surface area (Å²) in [5, 5.41) is 5.99. The second-order valence-electron chi connectivity index (χ2n) is 7.75. The summed E-state index contributed by atoms with van der Waals surface area (Å²) in [6.07, 6.45) is -0.353. The Hall–Kier alpha value is -2.61. The van der Waals surface area contributed by atoms with Gasteiger partial charge in [0.05, 0.1) is 5.56 Å². The van der Waals surface area contributed by atoms with Crippen molar-refractivity contribution in [3.63, 3.8) is 0 Å². The highest BCUT2D eigenvalue weighted by molar-refractivity contribution is 5.95. The zero-order valence-corrected chi connectivity index (χ0v) is 16.9. The molecule has 1 aliphatic heterocycles. The van der Waals surface area contributed by atoms with Gasteiger partial charge in [-0.2, -0.15) is 13.2 Å².